The molecule has 0 bridgehead atoms. The van der Waals surface area contributed by atoms with Gasteiger partial charge in [-0.2, -0.15) is 13.2 Å². The average Bonchev–Trinajstić information content (AvgIpc) is 2.38. The molecule has 2 aromatic carbocycles. The van der Waals surface area contributed by atoms with Crippen LogP contribution in [0.4, 0.5) is 13.2 Å². The lowest BCUT2D eigenvalue weighted by atomic mass is 10.2. The predicted molar refractivity (Wildman–Crippen MR) is 62.6 cm³/mol. The monoisotopic (exact) mass is 270 g/mol. The predicted octanol–water partition coefficient (Wildman–Crippen LogP) is 3.87. The molecule has 1 unspecified atom stereocenters. The van der Waals surface area contributed by atoms with Crippen molar-refractivity contribution < 1.29 is 17.4 Å². The van der Waals surface area contributed by atoms with Gasteiger partial charge in [-0.15, -0.1) is 0 Å². The summed E-state index contributed by atoms with van der Waals surface area (Å²) < 4.78 is 50.5. The Bertz CT molecular complexity index is 564. The van der Waals surface area contributed by atoms with E-state index in [1.807, 2.05) is 0 Å². The van der Waals surface area contributed by atoms with Gasteiger partial charge in [0.05, 0.1) is 21.3 Å². The SMILES string of the molecule is O=S(c1ccccc1)c1ccccc1C(F)(F)F. The van der Waals surface area contributed by atoms with Crippen LogP contribution >= 0.6 is 0 Å². The standard InChI is InChI=1S/C13H9F3OS/c14-13(15,16)11-8-4-5-9-12(11)18(17)10-6-2-1-3-7-10/h1-9H. The Morgan fingerprint density at radius 1 is 0.833 bits per heavy atom. The lowest BCUT2D eigenvalue weighted by molar-refractivity contribution is -0.139. The number of halogens is 3. The molecule has 0 aliphatic carbocycles. The van der Waals surface area contributed by atoms with E-state index in [-0.39, 0.29) is 4.90 Å². The molecule has 1 atom stereocenters. The summed E-state index contributed by atoms with van der Waals surface area (Å²) in [5.41, 5.74) is -0.854. The normalized spacial score (nSPS) is 13.3. The van der Waals surface area contributed by atoms with Gasteiger partial charge in [-0.3, -0.25) is 0 Å². The Morgan fingerprint density at radius 3 is 2.00 bits per heavy atom. The third-order valence-electron chi connectivity index (χ3n) is 2.35. The van der Waals surface area contributed by atoms with Gasteiger partial charge in [0.1, 0.15) is 0 Å². The molecule has 0 aliphatic heterocycles. The Kier molecular flexibility index (Phi) is 3.52. The van der Waals surface area contributed by atoms with E-state index >= 15 is 0 Å². The lowest BCUT2D eigenvalue weighted by Crippen LogP contribution is -2.10. The van der Waals surface area contributed by atoms with Crippen LogP contribution < -0.4 is 0 Å². The van der Waals surface area contributed by atoms with Crippen LogP contribution in [0.15, 0.2) is 64.4 Å². The molecular weight excluding hydrogens is 261 g/mol. The van der Waals surface area contributed by atoms with Gasteiger partial charge < -0.3 is 0 Å². The zero-order valence-electron chi connectivity index (χ0n) is 9.15. The molecule has 0 amide bonds. The summed E-state index contributed by atoms with van der Waals surface area (Å²) in [5.74, 6) is 0. The van der Waals surface area contributed by atoms with E-state index in [9.17, 15) is 17.4 Å². The second kappa shape index (κ2) is 4.94. The van der Waals surface area contributed by atoms with E-state index in [2.05, 4.69) is 0 Å². The van der Waals surface area contributed by atoms with Gasteiger partial charge in [-0.05, 0) is 24.3 Å². The maximum Gasteiger partial charge on any atom is 0.417 e. The summed E-state index contributed by atoms with van der Waals surface area (Å²) in [6, 6.07) is 13.0. The van der Waals surface area contributed by atoms with E-state index in [1.54, 1.807) is 30.3 Å². The van der Waals surface area contributed by atoms with Crippen molar-refractivity contribution in [3.63, 3.8) is 0 Å². The minimum atomic E-state index is -4.50. The number of benzene rings is 2. The number of hydrogen-bond donors (Lipinski definition) is 0. The molecule has 94 valence electrons. The summed E-state index contributed by atoms with van der Waals surface area (Å²) in [6.45, 7) is 0. The second-order valence-electron chi connectivity index (χ2n) is 3.58. The smallest absolute Gasteiger partial charge is 0.249 e. The van der Waals surface area contributed by atoms with E-state index < -0.39 is 22.5 Å². The number of rotatable bonds is 2. The zero-order valence-corrected chi connectivity index (χ0v) is 9.96. The molecule has 0 fully saturated rings. The van der Waals surface area contributed by atoms with Crippen LogP contribution in [0.2, 0.25) is 0 Å². The van der Waals surface area contributed by atoms with Crippen molar-refractivity contribution in [2.75, 3.05) is 0 Å². The Balaban J connectivity index is 2.50. The van der Waals surface area contributed by atoms with Crippen molar-refractivity contribution in [1.29, 1.82) is 0 Å². The molecule has 0 radical (unpaired) electrons. The fourth-order valence-electron chi connectivity index (χ4n) is 1.53. The van der Waals surface area contributed by atoms with Crippen molar-refractivity contribution >= 4 is 10.8 Å². The van der Waals surface area contributed by atoms with Crippen LogP contribution in [-0.4, -0.2) is 4.21 Å². The highest BCUT2D eigenvalue weighted by atomic mass is 32.2. The van der Waals surface area contributed by atoms with Crippen LogP contribution in [0.1, 0.15) is 5.56 Å². The molecule has 0 spiro atoms. The molecule has 0 saturated carbocycles. The van der Waals surface area contributed by atoms with Gasteiger partial charge in [0.2, 0.25) is 0 Å². The van der Waals surface area contributed by atoms with Gasteiger partial charge in [-0.25, -0.2) is 4.21 Å². The summed E-state index contributed by atoms with van der Waals surface area (Å²) >= 11 is 0. The first-order valence-electron chi connectivity index (χ1n) is 5.13. The Hall–Kier alpha value is -1.62. The van der Waals surface area contributed by atoms with Gasteiger partial charge in [0.25, 0.3) is 0 Å². The fraction of sp³-hybridized carbons (Fsp3) is 0.0769. The van der Waals surface area contributed by atoms with Crippen LogP contribution in [0.25, 0.3) is 0 Å². The maximum atomic E-state index is 12.8. The molecule has 0 aromatic heterocycles. The van der Waals surface area contributed by atoms with Crippen LogP contribution in [-0.2, 0) is 17.0 Å². The quantitative estimate of drug-likeness (QED) is 0.809. The first-order valence-corrected chi connectivity index (χ1v) is 6.28. The van der Waals surface area contributed by atoms with Crippen molar-refractivity contribution in [2.45, 2.75) is 16.0 Å². The topological polar surface area (TPSA) is 17.1 Å². The van der Waals surface area contributed by atoms with Crippen molar-refractivity contribution in [3.8, 4) is 0 Å². The van der Waals surface area contributed by atoms with E-state index in [0.29, 0.717) is 4.90 Å². The minimum absolute atomic E-state index is 0.212. The van der Waals surface area contributed by atoms with Gasteiger partial charge in [0.15, 0.2) is 0 Å². The van der Waals surface area contributed by atoms with Crippen LogP contribution in [0.3, 0.4) is 0 Å². The molecule has 5 heteroatoms. The largest absolute Gasteiger partial charge is 0.417 e. The second-order valence-corrected chi connectivity index (χ2v) is 5.02. The summed E-state index contributed by atoms with van der Waals surface area (Å²) in [7, 11) is -1.82. The lowest BCUT2D eigenvalue weighted by Gasteiger charge is -2.12. The molecule has 2 aromatic rings. The Labute approximate surface area is 105 Å². The van der Waals surface area contributed by atoms with Crippen LogP contribution in [0, 0.1) is 0 Å². The summed E-state index contributed by atoms with van der Waals surface area (Å²) in [5, 5.41) is 0. The molecule has 0 aliphatic rings. The van der Waals surface area contributed by atoms with Gasteiger partial charge in [-0.1, -0.05) is 30.3 Å². The maximum absolute atomic E-state index is 12.8. The molecular formula is C13H9F3OS. The van der Waals surface area contributed by atoms with E-state index in [4.69, 9.17) is 0 Å². The first-order chi connectivity index (χ1) is 8.50. The van der Waals surface area contributed by atoms with Crippen LogP contribution in [0.5, 0.6) is 0 Å². The summed E-state index contributed by atoms with van der Waals surface area (Å²) in [6.07, 6.45) is -4.50. The van der Waals surface area contributed by atoms with Gasteiger partial charge >= 0.3 is 6.18 Å². The minimum Gasteiger partial charge on any atom is -0.249 e. The third-order valence-corrected chi connectivity index (χ3v) is 3.81. The molecule has 0 N–H and O–H groups in total. The van der Waals surface area contributed by atoms with Crippen molar-refractivity contribution in [1.82, 2.24) is 0 Å². The molecule has 1 nitrogen and oxygen atoms in total. The fourth-order valence-corrected chi connectivity index (χ4v) is 2.78. The van der Waals surface area contributed by atoms with Gasteiger partial charge in [0, 0.05) is 4.90 Å². The third kappa shape index (κ3) is 2.61. The summed E-state index contributed by atoms with van der Waals surface area (Å²) in [4.78, 5) is 0.144. The number of hydrogen-bond acceptors (Lipinski definition) is 1. The molecule has 2 rings (SSSR count). The highest BCUT2D eigenvalue weighted by molar-refractivity contribution is 7.85. The average molecular weight is 270 g/mol. The highest BCUT2D eigenvalue weighted by Gasteiger charge is 2.34. The molecule has 0 saturated heterocycles. The highest BCUT2D eigenvalue weighted by Crippen LogP contribution is 2.34. The van der Waals surface area contributed by atoms with E-state index in [1.165, 1.54) is 18.2 Å². The molecule has 18 heavy (non-hydrogen) atoms. The molecule has 0 heterocycles. The van der Waals surface area contributed by atoms with Crippen molar-refractivity contribution in [2.24, 2.45) is 0 Å². The Morgan fingerprint density at radius 2 is 1.39 bits per heavy atom. The first kappa shape index (κ1) is 12.8. The zero-order chi connectivity index (χ0) is 13.2. The van der Waals surface area contributed by atoms with E-state index in [0.717, 1.165) is 6.07 Å². The number of alkyl halides is 3. The van der Waals surface area contributed by atoms with Crippen molar-refractivity contribution in [3.05, 3.63) is 60.2 Å².